The van der Waals surface area contributed by atoms with Gasteiger partial charge >= 0.3 is 35.9 Å². The van der Waals surface area contributed by atoms with Crippen molar-refractivity contribution in [1.82, 2.24) is 39.9 Å². The largest absolute Gasteiger partial charge is 0.464 e. The highest BCUT2D eigenvalue weighted by Crippen LogP contribution is 2.20. The molecule has 0 fully saturated rings. The summed E-state index contributed by atoms with van der Waals surface area (Å²) in [7, 11) is 0. The molecule has 1 aromatic carbocycles. The number of carbonyl (C=O) groups is 6. The number of ether oxygens (including phenoxy) is 8. The van der Waals surface area contributed by atoms with Crippen LogP contribution in [0, 0.1) is 20.8 Å². The molecule has 0 aliphatic rings. The third kappa shape index (κ3) is 27.2. The van der Waals surface area contributed by atoms with Crippen LogP contribution >= 0.6 is 0 Å². The normalized spacial score (nSPS) is 11.0. The van der Waals surface area contributed by atoms with Crippen LogP contribution in [-0.2, 0) is 81.1 Å². The highest BCUT2D eigenvalue weighted by Gasteiger charge is 2.44. The highest BCUT2D eigenvalue weighted by molar-refractivity contribution is 6.33. The summed E-state index contributed by atoms with van der Waals surface area (Å²) < 4.78 is 39.9. The Labute approximate surface area is 436 Å². The Balaban J connectivity index is 0.000000493. The van der Waals surface area contributed by atoms with Gasteiger partial charge in [-0.15, -0.1) is 0 Å². The number of benzene rings is 1. The van der Waals surface area contributed by atoms with Crippen molar-refractivity contribution in [1.29, 1.82) is 0 Å². The first-order valence-electron chi connectivity index (χ1n) is 23.9. The van der Waals surface area contributed by atoms with Crippen molar-refractivity contribution in [2.24, 2.45) is 0 Å². The second kappa shape index (κ2) is 38.8. The zero-order valence-electron chi connectivity index (χ0n) is 44.1. The first-order chi connectivity index (χ1) is 36.0. The molecule has 0 aliphatic heterocycles. The number of ketones is 1. The number of nitrogens with zero attached hydrogens (tertiary/aromatic N) is 8. The number of para-hydroxylation sites is 1. The number of aliphatic hydroxyl groups is 1. The molecule has 0 aliphatic carbocycles. The van der Waals surface area contributed by atoms with E-state index in [1.807, 2.05) is 39.0 Å². The van der Waals surface area contributed by atoms with Gasteiger partial charge in [0.25, 0.3) is 0 Å². The van der Waals surface area contributed by atoms with E-state index in [1.165, 1.54) is 12.4 Å². The summed E-state index contributed by atoms with van der Waals surface area (Å²) in [4.78, 5) is 100. The van der Waals surface area contributed by atoms with Crippen molar-refractivity contribution >= 4 is 41.4 Å². The predicted molar refractivity (Wildman–Crippen MR) is 269 cm³/mol. The van der Waals surface area contributed by atoms with Crippen LogP contribution in [0.3, 0.4) is 0 Å². The minimum atomic E-state index is -1.70. The number of hydrogen-bond donors (Lipinski definition) is 2. The minimum absolute atomic E-state index is 0.0415. The monoisotopic (exact) mass is 1050 g/mol. The molecule has 0 saturated heterocycles. The van der Waals surface area contributed by atoms with E-state index < -0.39 is 53.9 Å². The fraction of sp³-hybridized carbons (Fsp3) is 0.451. The van der Waals surface area contributed by atoms with Gasteiger partial charge in [-0.2, -0.15) is 0 Å². The number of esters is 4. The number of aliphatic hydroxyl groups excluding tert-OH is 1. The Morgan fingerprint density at radius 1 is 0.520 bits per heavy atom. The lowest BCUT2D eigenvalue weighted by molar-refractivity contribution is -0.360. The van der Waals surface area contributed by atoms with Crippen molar-refractivity contribution in [3.05, 3.63) is 126 Å². The number of rotatable bonds is 22. The van der Waals surface area contributed by atoms with E-state index in [4.69, 9.17) is 28.4 Å². The van der Waals surface area contributed by atoms with Gasteiger partial charge in [-0.05, 0) is 105 Å². The summed E-state index contributed by atoms with van der Waals surface area (Å²) in [5, 5.41) is 12.0. The van der Waals surface area contributed by atoms with Crippen LogP contribution in [0.5, 0.6) is 0 Å². The van der Waals surface area contributed by atoms with E-state index in [9.17, 15) is 33.9 Å². The van der Waals surface area contributed by atoms with E-state index in [1.54, 1.807) is 110 Å². The van der Waals surface area contributed by atoms with E-state index in [0.717, 1.165) is 17.0 Å². The van der Waals surface area contributed by atoms with E-state index >= 15 is 0 Å². The van der Waals surface area contributed by atoms with Crippen molar-refractivity contribution < 1.29 is 71.8 Å². The summed E-state index contributed by atoms with van der Waals surface area (Å²) >= 11 is 0. The number of hydrogen-bond acceptors (Lipinski definition) is 23. The molecule has 0 saturated carbocycles. The second-order valence-corrected chi connectivity index (χ2v) is 14.4. The predicted octanol–water partition coefficient (Wildman–Crippen LogP) is 5.01. The van der Waals surface area contributed by atoms with Crippen LogP contribution in [0.2, 0.25) is 0 Å². The Morgan fingerprint density at radius 3 is 1.35 bits per heavy atom. The molecule has 24 nitrogen and oxygen atoms in total. The Kier molecular flexibility index (Phi) is 33.7. The van der Waals surface area contributed by atoms with Gasteiger partial charge in [-0.1, -0.05) is 18.2 Å². The smallest absolute Gasteiger partial charge is 0.412 e. The van der Waals surface area contributed by atoms with Gasteiger partial charge in [0, 0.05) is 61.7 Å². The standard InChI is InChI=1S/C18H21N3O4.C10H20O5.C9H12N2O3.C9H10N2O3.C5H6N2/c1-4-24-17(22)14(11-15-19-9-6-10-20-15)25-18(23)21-16-12(2)7-5-8-13(16)3;1-5-12-9(11)10(13-6-2,14-7-3)15-8-4;2*1-2-14-9(13)7(12)6-8-10-4-3-5-11-8;1-5-6-3-2-4-7-5/h5-10,14H,4,11H2,1-3H3,(H,21,23);5-8H2,1-4H3;3-5,7,12H,2,6H2,1H3;3-5H,2,6H2,1H3;2-4H,1H3. The minimum Gasteiger partial charge on any atom is -0.464 e. The maximum Gasteiger partial charge on any atom is 0.412 e. The topological polar surface area (TPSA) is 312 Å². The summed E-state index contributed by atoms with van der Waals surface area (Å²) in [6, 6.07) is 12.4. The number of aromatic nitrogens is 8. The van der Waals surface area contributed by atoms with Crippen LogP contribution in [0.1, 0.15) is 82.9 Å². The molecule has 1 amide bonds. The lowest BCUT2D eigenvalue weighted by atomic mass is 10.1. The highest BCUT2D eigenvalue weighted by atomic mass is 16.9. The van der Waals surface area contributed by atoms with Gasteiger partial charge < -0.3 is 43.0 Å². The molecular formula is C51H69N9O15. The first kappa shape index (κ1) is 65.2. The Morgan fingerprint density at radius 2 is 0.933 bits per heavy atom. The molecular weight excluding hydrogens is 979 g/mol. The van der Waals surface area contributed by atoms with Crippen LogP contribution in [-0.4, -0.2) is 145 Å². The van der Waals surface area contributed by atoms with Gasteiger partial charge in [0.15, 0.2) is 6.10 Å². The SMILES string of the molecule is CCOC(=O)C(=O)Cc1ncccn1.CCOC(=O)C(Cc1ncccn1)OC(=O)Nc1c(C)cccc1C.CCOC(=O)C(O)Cc1ncccn1.CCOC(=O)C(OCC)(OCC)OCC.Cc1ncccn1. The van der Waals surface area contributed by atoms with E-state index in [-0.39, 0.29) is 45.7 Å². The van der Waals surface area contributed by atoms with Crippen molar-refractivity contribution in [2.75, 3.05) is 51.6 Å². The van der Waals surface area contributed by atoms with E-state index in [0.29, 0.717) is 43.0 Å². The van der Waals surface area contributed by atoms with Crippen molar-refractivity contribution in [3.63, 3.8) is 0 Å². The Bertz CT molecular complexity index is 2360. The molecule has 408 valence electrons. The number of Topliss-reactive ketones (excluding diaryl/α,β-unsaturated/α-hetero) is 1. The molecule has 2 N–H and O–H groups in total. The van der Waals surface area contributed by atoms with E-state index in [2.05, 4.69) is 54.7 Å². The van der Waals surface area contributed by atoms with Crippen molar-refractivity contribution in [2.45, 2.75) is 107 Å². The molecule has 4 aromatic heterocycles. The average Bonchev–Trinajstić information content (AvgIpc) is 3.39. The molecule has 0 spiro atoms. The number of nitrogens with one attached hydrogen (secondary N) is 1. The number of aryl methyl sites for hydroxylation is 3. The fourth-order valence-corrected chi connectivity index (χ4v) is 5.53. The fourth-order valence-electron chi connectivity index (χ4n) is 5.53. The molecule has 2 atom stereocenters. The summed E-state index contributed by atoms with van der Waals surface area (Å²) in [6.45, 7) is 19.4. The molecule has 75 heavy (non-hydrogen) atoms. The van der Waals surface area contributed by atoms with Gasteiger partial charge in [0.2, 0.25) is 11.9 Å². The van der Waals surface area contributed by atoms with Gasteiger partial charge in [0.1, 0.15) is 23.3 Å². The lowest BCUT2D eigenvalue weighted by Gasteiger charge is -2.29. The molecule has 2 unspecified atom stereocenters. The quantitative estimate of drug-likeness (QED) is 0.0398. The first-order valence-corrected chi connectivity index (χ1v) is 23.9. The molecule has 4 heterocycles. The zero-order chi connectivity index (χ0) is 55.9. The third-order valence-electron chi connectivity index (χ3n) is 8.71. The van der Waals surface area contributed by atoms with Crippen LogP contribution < -0.4 is 5.32 Å². The molecule has 0 bridgehead atoms. The van der Waals surface area contributed by atoms with Gasteiger partial charge in [-0.3, -0.25) is 10.1 Å². The number of anilines is 1. The van der Waals surface area contributed by atoms with Crippen LogP contribution in [0.4, 0.5) is 10.5 Å². The molecule has 0 radical (unpaired) electrons. The van der Waals surface area contributed by atoms with Gasteiger partial charge in [-0.25, -0.2) is 63.8 Å². The molecule has 24 heteroatoms. The van der Waals surface area contributed by atoms with Gasteiger partial charge in [0.05, 0.1) is 59.1 Å². The van der Waals surface area contributed by atoms with Crippen molar-refractivity contribution in [3.8, 4) is 0 Å². The Hall–Kier alpha value is -7.80. The second-order valence-electron chi connectivity index (χ2n) is 14.4. The maximum absolute atomic E-state index is 12.2. The summed E-state index contributed by atoms with van der Waals surface area (Å²) in [5.41, 5.74) is 2.46. The third-order valence-corrected chi connectivity index (χ3v) is 8.71. The molecule has 5 rings (SSSR count). The zero-order valence-corrected chi connectivity index (χ0v) is 44.1. The van der Waals surface area contributed by atoms with Crippen LogP contribution in [0.15, 0.2) is 92.0 Å². The number of carbonyl (C=O) groups excluding carboxylic acids is 6. The average molecular weight is 1050 g/mol. The van der Waals surface area contributed by atoms with Crippen LogP contribution in [0.25, 0.3) is 0 Å². The summed E-state index contributed by atoms with van der Waals surface area (Å²) in [5.74, 6) is -3.12. The summed E-state index contributed by atoms with van der Waals surface area (Å²) in [6.07, 6.45) is 9.68. The lowest BCUT2D eigenvalue weighted by Crippen LogP contribution is -2.48. The number of amides is 1. The maximum atomic E-state index is 12.2. The molecule has 5 aromatic rings.